The Morgan fingerprint density at radius 2 is 1.84 bits per heavy atom. The van der Waals surface area contributed by atoms with Gasteiger partial charge in [0.15, 0.2) is 0 Å². The first kappa shape index (κ1) is 17.9. The standard InChI is InChI=1S/C19H25NO5/c1-23-15-12-16(17(21)24-2)20(13-15)18(22)19(8-10-25-11-9-19)14-6-4-3-5-7-14/h3-7,15-16H,8-13H2,1-2H3. The Bertz CT molecular complexity index is 612. The molecule has 2 aliphatic rings. The average molecular weight is 347 g/mol. The lowest BCUT2D eigenvalue weighted by Crippen LogP contribution is -2.53. The molecule has 0 saturated carbocycles. The summed E-state index contributed by atoms with van der Waals surface area (Å²) in [6.45, 7) is 1.47. The zero-order valence-corrected chi connectivity index (χ0v) is 14.8. The molecule has 2 fully saturated rings. The third-order valence-corrected chi connectivity index (χ3v) is 5.41. The number of amides is 1. The second-order valence-electron chi connectivity index (χ2n) is 6.65. The van der Waals surface area contributed by atoms with Crippen LogP contribution in [-0.2, 0) is 29.2 Å². The van der Waals surface area contributed by atoms with Crippen LogP contribution in [-0.4, -0.2) is 62.9 Å². The molecule has 3 rings (SSSR count). The van der Waals surface area contributed by atoms with Crippen molar-refractivity contribution in [3.8, 4) is 0 Å². The maximum Gasteiger partial charge on any atom is 0.328 e. The Labute approximate surface area is 148 Å². The molecule has 0 aromatic heterocycles. The van der Waals surface area contributed by atoms with Gasteiger partial charge in [-0.05, 0) is 18.4 Å². The molecule has 0 aliphatic carbocycles. The molecule has 2 aliphatic heterocycles. The highest BCUT2D eigenvalue weighted by Crippen LogP contribution is 2.39. The molecule has 0 N–H and O–H groups in total. The summed E-state index contributed by atoms with van der Waals surface area (Å²) in [4.78, 5) is 27.5. The lowest BCUT2D eigenvalue weighted by molar-refractivity contribution is -0.154. The van der Waals surface area contributed by atoms with Crippen LogP contribution < -0.4 is 0 Å². The van der Waals surface area contributed by atoms with Crippen molar-refractivity contribution in [1.82, 2.24) is 4.90 Å². The van der Waals surface area contributed by atoms with Crippen molar-refractivity contribution in [2.24, 2.45) is 0 Å². The SMILES string of the molecule is COC(=O)C1CC(OC)CN1C(=O)C1(c2ccccc2)CCOCC1. The minimum absolute atomic E-state index is 0.0306. The van der Waals surface area contributed by atoms with E-state index >= 15 is 0 Å². The van der Waals surface area contributed by atoms with E-state index in [0.717, 1.165) is 5.56 Å². The Kier molecular flexibility index (Phi) is 5.39. The van der Waals surface area contributed by atoms with Gasteiger partial charge in [-0.15, -0.1) is 0 Å². The van der Waals surface area contributed by atoms with Gasteiger partial charge in [0, 0.05) is 33.3 Å². The largest absolute Gasteiger partial charge is 0.467 e. The number of esters is 1. The lowest BCUT2D eigenvalue weighted by atomic mass is 9.73. The molecule has 1 aromatic rings. The van der Waals surface area contributed by atoms with Crippen LogP contribution in [0.4, 0.5) is 0 Å². The number of rotatable bonds is 4. The van der Waals surface area contributed by atoms with Gasteiger partial charge in [-0.25, -0.2) is 4.79 Å². The first-order valence-corrected chi connectivity index (χ1v) is 8.67. The van der Waals surface area contributed by atoms with E-state index in [-0.39, 0.29) is 18.0 Å². The molecule has 2 unspecified atom stereocenters. The summed E-state index contributed by atoms with van der Waals surface area (Å²) in [7, 11) is 2.96. The molecular weight excluding hydrogens is 322 g/mol. The van der Waals surface area contributed by atoms with Gasteiger partial charge in [0.25, 0.3) is 0 Å². The second kappa shape index (κ2) is 7.54. The highest BCUT2D eigenvalue weighted by atomic mass is 16.5. The molecule has 2 atom stereocenters. The van der Waals surface area contributed by atoms with Gasteiger partial charge in [-0.1, -0.05) is 30.3 Å². The van der Waals surface area contributed by atoms with E-state index in [4.69, 9.17) is 14.2 Å². The summed E-state index contributed by atoms with van der Waals surface area (Å²) in [5.41, 5.74) is 0.321. The van der Waals surface area contributed by atoms with E-state index < -0.39 is 11.5 Å². The normalized spacial score (nSPS) is 25.6. The van der Waals surface area contributed by atoms with Crippen LogP contribution in [0.5, 0.6) is 0 Å². The van der Waals surface area contributed by atoms with Gasteiger partial charge in [-0.2, -0.15) is 0 Å². The number of ether oxygens (including phenoxy) is 3. The van der Waals surface area contributed by atoms with Crippen molar-refractivity contribution >= 4 is 11.9 Å². The van der Waals surface area contributed by atoms with E-state index in [0.29, 0.717) is 39.0 Å². The van der Waals surface area contributed by atoms with Crippen molar-refractivity contribution in [3.05, 3.63) is 35.9 Å². The molecule has 6 heteroatoms. The summed E-state index contributed by atoms with van der Waals surface area (Å²) in [6, 6.07) is 9.21. The van der Waals surface area contributed by atoms with E-state index in [1.807, 2.05) is 30.3 Å². The summed E-state index contributed by atoms with van der Waals surface area (Å²) in [5.74, 6) is -0.417. The summed E-state index contributed by atoms with van der Waals surface area (Å²) in [6.07, 6.45) is 1.53. The van der Waals surface area contributed by atoms with Gasteiger partial charge < -0.3 is 19.1 Å². The van der Waals surface area contributed by atoms with E-state index in [1.165, 1.54) is 7.11 Å². The predicted octanol–water partition coefficient (Wildman–Crippen LogP) is 1.52. The lowest BCUT2D eigenvalue weighted by Gasteiger charge is -2.40. The van der Waals surface area contributed by atoms with Gasteiger partial charge in [0.2, 0.25) is 5.91 Å². The van der Waals surface area contributed by atoms with Crippen LogP contribution in [0.3, 0.4) is 0 Å². The molecular formula is C19H25NO5. The molecule has 1 amide bonds. The van der Waals surface area contributed by atoms with Gasteiger partial charge in [-0.3, -0.25) is 4.79 Å². The maximum atomic E-state index is 13.6. The van der Waals surface area contributed by atoms with Crippen molar-refractivity contribution in [2.75, 3.05) is 34.0 Å². The number of methoxy groups -OCH3 is 2. The minimum Gasteiger partial charge on any atom is -0.467 e. The third kappa shape index (κ3) is 3.28. The Hall–Kier alpha value is -1.92. The van der Waals surface area contributed by atoms with Crippen molar-refractivity contribution in [2.45, 2.75) is 36.8 Å². The van der Waals surface area contributed by atoms with Crippen LogP contribution >= 0.6 is 0 Å². The van der Waals surface area contributed by atoms with Crippen molar-refractivity contribution in [1.29, 1.82) is 0 Å². The first-order valence-electron chi connectivity index (χ1n) is 8.67. The second-order valence-corrected chi connectivity index (χ2v) is 6.65. The maximum absolute atomic E-state index is 13.6. The van der Waals surface area contributed by atoms with Crippen LogP contribution in [0.25, 0.3) is 0 Å². The zero-order chi connectivity index (χ0) is 17.9. The molecule has 25 heavy (non-hydrogen) atoms. The van der Waals surface area contributed by atoms with Crippen LogP contribution in [0, 0.1) is 0 Å². The summed E-state index contributed by atoms with van der Waals surface area (Å²) < 4.78 is 15.8. The highest BCUT2D eigenvalue weighted by molar-refractivity contribution is 5.92. The molecule has 136 valence electrons. The topological polar surface area (TPSA) is 65.1 Å². The van der Waals surface area contributed by atoms with E-state index in [9.17, 15) is 9.59 Å². The van der Waals surface area contributed by atoms with E-state index in [1.54, 1.807) is 12.0 Å². The zero-order valence-electron chi connectivity index (χ0n) is 14.8. The monoisotopic (exact) mass is 347 g/mol. The molecule has 2 saturated heterocycles. The molecule has 2 heterocycles. The first-order chi connectivity index (χ1) is 12.1. The smallest absolute Gasteiger partial charge is 0.328 e. The molecule has 0 radical (unpaired) electrons. The van der Waals surface area contributed by atoms with Gasteiger partial charge >= 0.3 is 5.97 Å². The number of hydrogen-bond donors (Lipinski definition) is 0. The summed E-state index contributed by atoms with van der Waals surface area (Å²) >= 11 is 0. The predicted molar refractivity (Wildman–Crippen MR) is 91.1 cm³/mol. The number of hydrogen-bond acceptors (Lipinski definition) is 5. The number of carbonyl (C=O) groups is 2. The number of nitrogens with zero attached hydrogens (tertiary/aromatic N) is 1. The molecule has 0 spiro atoms. The minimum atomic E-state index is -0.658. The van der Waals surface area contributed by atoms with Crippen LogP contribution in [0.15, 0.2) is 30.3 Å². The Morgan fingerprint density at radius 1 is 1.16 bits per heavy atom. The van der Waals surface area contributed by atoms with Gasteiger partial charge in [0.05, 0.1) is 18.6 Å². The fraction of sp³-hybridized carbons (Fsp3) is 0.579. The number of benzene rings is 1. The molecule has 0 bridgehead atoms. The summed E-state index contributed by atoms with van der Waals surface area (Å²) in [5, 5.41) is 0. The highest BCUT2D eigenvalue weighted by Gasteiger charge is 2.50. The fourth-order valence-electron chi connectivity index (χ4n) is 3.93. The van der Waals surface area contributed by atoms with E-state index in [2.05, 4.69) is 0 Å². The quantitative estimate of drug-likeness (QED) is 0.773. The average Bonchev–Trinajstić information content (AvgIpc) is 3.12. The van der Waals surface area contributed by atoms with Crippen LogP contribution in [0.2, 0.25) is 0 Å². The van der Waals surface area contributed by atoms with Crippen molar-refractivity contribution < 1.29 is 23.8 Å². The van der Waals surface area contributed by atoms with Crippen molar-refractivity contribution in [3.63, 3.8) is 0 Å². The van der Waals surface area contributed by atoms with Crippen LogP contribution in [0.1, 0.15) is 24.8 Å². The third-order valence-electron chi connectivity index (χ3n) is 5.41. The van der Waals surface area contributed by atoms with Gasteiger partial charge in [0.1, 0.15) is 6.04 Å². The Balaban J connectivity index is 1.95. The number of carbonyl (C=O) groups excluding carboxylic acids is 2. The molecule has 1 aromatic carbocycles. The molecule has 6 nitrogen and oxygen atoms in total. The fourth-order valence-corrected chi connectivity index (χ4v) is 3.93. The Morgan fingerprint density at radius 3 is 2.44 bits per heavy atom. The number of likely N-dealkylation sites (tertiary alicyclic amines) is 1.